The van der Waals surface area contributed by atoms with Gasteiger partial charge in [-0.3, -0.25) is 0 Å². The molecular weight excluding hydrogens is 353 g/mol. The van der Waals surface area contributed by atoms with Crippen LogP contribution in [-0.2, 0) is 12.0 Å². The van der Waals surface area contributed by atoms with Crippen LogP contribution in [0.25, 0.3) is 0 Å². The van der Waals surface area contributed by atoms with Gasteiger partial charge in [0.25, 0.3) is 0 Å². The third-order valence-corrected chi connectivity index (χ3v) is 4.75. The minimum Gasteiger partial charge on any atom is -0.472 e. The molecule has 0 aromatic heterocycles. The van der Waals surface area contributed by atoms with Crippen molar-refractivity contribution in [2.75, 3.05) is 14.1 Å². The van der Waals surface area contributed by atoms with Crippen molar-refractivity contribution < 1.29 is 17.9 Å². The largest absolute Gasteiger partial charge is 0.472 e. The maximum absolute atomic E-state index is 14.2. The van der Waals surface area contributed by atoms with E-state index in [-0.39, 0.29) is 23.7 Å². The highest BCUT2D eigenvalue weighted by molar-refractivity contribution is 5.66. The van der Waals surface area contributed by atoms with E-state index in [0.29, 0.717) is 11.3 Å². The van der Waals surface area contributed by atoms with Crippen LogP contribution in [-0.4, -0.2) is 31.5 Å². The Morgan fingerprint density at radius 1 is 1.11 bits per heavy atom. The van der Waals surface area contributed by atoms with Gasteiger partial charge < -0.3 is 9.64 Å². The van der Waals surface area contributed by atoms with Crippen LogP contribution in [0.15, 0.2) is 47.5 Å². The second kappa shape index (κ2) is 6.91. The number of rotatable bonds is 4. The van der Waals surface area contributed by atoms with Crippen molar-refractivity contribution in [3.8, 4) is 5.75 Å². The minimum atomic E-state index is -4.56. The average Bonchev–Trinajstić information content (AvgIpc) is 3.01. The highest BCUT2D eigenvalue weighted by Gasteiger charge is 2.61. The van der Waals surface area contributed by atoms with E-state index in [4.69, 9.17) is 4.74 Å². The number of hydrogen-bond acceptors (Lipinski definition) is 2. The lowest BCUT2D eigenvalue weighted by molar-refractivity contribution is -0.248. The lowest BCUT2D eigenvalue weighted by Gasteiger charge is -2.31. The van der Waals surface area contributed by atoms with Crippen molar-refractivity contribution >= 4 is 12.0 Å². The van der Waals surface area contributed by atoms with Gasteiger partial charge in [0.1, 0.15) is 5.75 Å². The maximum Gasteiger partial charge on any atom is 0.432 e. The number of hydrogen-bond donors (Lipinski definition) is 0. The van der Waals surface area contributed by atoms with Crippen molar-refractivity contribution in [3.63, 3.8) is 0 Å². The maximum atomic E-state index is 14.2. The number of aliphatic imine (C=N–C) groups is 1. The quantitative estimate of drug-likeness (QED) is 0.525. The van der Waals surface area contributed by atoms with Crippen LogP contribution in [0.3, 0.4) is 0 Å². The SMILES string of the molecule is CC(C)c1ccc(C2(C(F)(F)F)Cc3c(N=CN(C)C)cccc3O2)cc1. The van der Waals surface area contributed by atoms with Gasteiger partial charge >= 0.3 is 6.18 Å². The predicted octanol–water partition coefficient (Wildman–Crippen LogP) is 5.42. The Morgan fingerprint density at radius 2 is 1.78 bits per heavy atom. The van der Waals surface area contributed by atoms with E-state index in [0.717, 1.165) is 5.56 Å². The van der Waals surface area contributed by atoms with Crippen LogP contribution in [0, 0.1) is 0 Å². The molecule has 0 fully saturated rings. The molecule has 0 radical (unpaired) electrons. The monoisotopic (exact) mass is 376 g/mol. The molecule has 0 saturated heterocycles. The molecule has 2 aromatic carbocycles. The molecule has 1 unspecified atom stereocenters. The summed E-state index contributed by atoms with van der Waals surface area (Å²) >= 11 is 0. The van der Waals surface area contributed by atoms with Gasteiger partial charge in [-0.2, -0.15) is 13.2 Å². The molecule has 3 nitrogen and oxygen atoms in total. The zero-order valence-electron chi connectivity index (χ0n) is 15.8. The molecule has 6 heteroatoms. The Kier molecular flexibility index (Phi) is 4.93. The van der Waals surface area contributed by atoms with Crippen LogP contribution in [0.2, 0.25) is 0 Å². The van der Waals surface area contributed by atoms with Crippen molar-refractivity contribution in [2.45, 2.75) is 38.0 Å². The normalized spacial score (nSPS) is 19.4. The second-order valence-corrected chi connectivity index (χ2v) is 7.34. The lowest BCUT2D eigenvalue weighted by atomic mass is 9.86. The lowest BCUT2D eigenvalue weighted by Crippen LogP contribution is -2.46. The Bertz CT molecular complexity index is 841. The van der Waals surface area contributed by atoms with Gasteiger partial charge in [0.15, 0.2) is 0 Å². The summed E-state index contributed by atoms with van der Waals surface area (Å²) in [5, 5.41) is 0. The number of nitrogens with zero attached hydrogens (tertiary/aromatic N) is 2. The molecule has 0 aliphatic carbocycles. The number of alkyl halides is 3. The van der Waals surface area contributed by atoms with E-state index in [1.54, 1.807) is 55.7 Å². The first-order valence-electron chi connectivity index (χ1n) is 8.83. The topological polar surface area (TPSA) is 24.8 Å². The van der Waals surface area contributed by atoms with Gasteiger partial charge in [0, 0.05) is 31.6 Å². The van der Waals surface area contributed by atoms with E-state index >= 15 is 0 Å². The molecule has 1 aliphatic rings. The summed E-state index contributed by atoms with van der Waals surface area (Å²) in [4.78, 5) is 6.04. The van der Waals surface area contributed by atoms with Gasteiger partial charge in [0.2, 0.25) is 5.60 Å². The summed E-state index contributed by atoms with van der Waals surface area (Å²) in [6, 6.07) is 11.5. The first kappa shape index (κ1) is 19.3. The standard InChI is InChI=1S/C21H23F3N2O/c1-14(2)15-8-10-16(11-9-15)20(21(22,23)24)12-17-18(25-13-26(3)4)6-5-7-19(17)27-20/h5-11,13-14H,12H2,1-4H3. The van der Waals surface area contributed by atoms with Crippen molar-refractivity contribution in [2.24, 2.45) is 4.99 Å². The van der Waals surface area contributed by atoms with Crippen molar-refractivity contribution in [1.29, 1.82) is 0 Å². The fourth-order valence-corrected chi connectivity index (χ4v) is 3.22. The second-order valence-electron chi connectivity index (χ2n) is 7.34. The van der Waals surface area contributed by atoms with E-state index < -0.39 is 11.8 Å². The van der Waals surface area contributed by atoms with E-state index in [1.165, 1.54) is 12.1 Å². The summed E-state index contributed by atoms with van der Waals surface area (Å²) in [6.07, 6.45) is -3.29. The van der Waals surface area contributed by atoms with Gasteiger partial charge in [-0.15, -0.1) is 0 Å². The third kappa shape index (κ3) is 3.53. The summed E-state index contributed by atoms with van der Waals surface area (Å²) in [7, 11) is 3.61. The zero-order chi connectivity index (χ0) is 19.8. The molecule has 0 spiro atoms. The van der Waals surface area contributed by atoms with Gasteiger partial charge in [-0.1, -0.05) is 44.2 Å². The molecule has 0 saturated carbocycles. The Balaban J connectivity index is 2.06. The first-order chi connectivity index (χ1) is 12.6. The number of ether oxygens (including phenoxy) is 1. The summed E-state index contributed by atoms with van der Waals surface area (Å²) < 4.78 is 48.2. The average molecular weight is 376 g/mol. The number of fused-ring (bicyclic) bond motifs is 1. The Hall–Kier alpha value is -2.50. The summed E-state index contributed by atoms with van der Waals surface area (Å²) in [5.41, 5.74) is -0.331. The molecule has 0 bridgehead atoms. The number of halogens is 3. The van der Waals surface area contributed by atoms with Crippen LogP contribution in [0.5, 0.6) is 5.75 Å². The molecular formula is C21H23F3N2O. The van der Waals surface area contributed by atoms with Crippen LogP contribution < -0.4 is 4.74 Å². The fourth-order valence-electron chi connectivity index (χ4n) is 3.22. The molecule has 2 aromatic rings. The Labute approximate surface area is 157 Å². The molecule has 0 amide bonds. The molecule has 0 N–H and O–H groups in total. The Morgan fingerprint density at radius 3 is 2.33 bits per heavy atom. The van der Waals surface area contributed by atoms with Gasteiger partial charge in [0.05, 0.1) is 12.0 Å². The fraction of sp³-hybridized carbons (Fsp3) is 0.381. The van der Waals surface area contributed by atoms with E-state index in [2.05, 4.69) is 4.99 Å². The predicted molar refractivity (Wildman–Crippen MR) is 101 cm³/mol. The molecule has 3 rings (SSSR count). The van der Waals surface area contributed by atoms with Crippen LogP contribution in [0.1, 0.15) is 36.5 Å². The van der Waals surface area contributed by atoms with Gasteiger partial charge in [-0.25, -0.2) is 4.99 Å². The highest BCUT2D eigenvalue weighted by Crippen LogP contribution is 2.52. The van der Waals surface area contributed by atoms with E-state index in [9.17, 15) is 13.2 Å². The molecule has 1 aliphatic heterocycles. The molecule has 1 atom stereocenters. The first-order valence-corrected chi connectivity index (χ1v) is 8.83. The van der Waals surface area contributed by atoms with Gasteiger partial charge in [-0.05, 0) is 23.6 Å². The van der Waals surface area contributed by atoms with Crippen LogP contribution in [0.4, 0.5) is 18.9 Å². The highest BCUT2D eigenvalue weighted by atomic mass is 19.4. The number of benzene rings is 2. The van der Waals surface area contributed by atoms with Crippen LogP contribution >= 0.6 is 0 Å². The summed E-state index contributed by atoms with van der Waals surface area (Å²) in [5.74, 6) is 0.475. The van der Waals surface area contributed by atoms with Crippen molar-refractivity contribution in [3.05, 3.63) is 59.2 Å². The molecule has 1 heterocycles. The minimum absolute atomic E-state index is 0.109. The van der Waals surface area contributed by atoms with Crippen molar-refractivity contribution in [1.82, 2.24) is 4.90 Å². The third-order valence-electron chi connectivity index (χ3n) is 4.75. The molecule has 27 heavy (non-hydrogen) atoms. The smallest absolute Gasteiger partial charge is 0.432 e. The molecule has 144 valence electrons. The van der Waals surface area contributed by atoms with E-state index in [1.807, 2.05) is 13.8 Å². The summed E-state index contributed by atoms with van der Waals surface area (Å²) in [6.45, 7) is 4.01. The zero-order valence-corrected chi connectivity index (χ0v) is 15.8.